The fourth-order valence-electron chi connectivity index (χ4n) is 1.96. The molecular formula is C12H18N4O. The molecule has 0 aliphatic rings. The Morgan fingerprint density at radius 1 is 1.12 bits per heavy atom. The van der Waals surface area contributed by atoms with Crippen LogP contribution in [0.2, 0.25) is 0 Å². The van der Waals surface area contributed by atoms with Crippen LogP contribution in [0.15, 0.2) is 24.5 Å². The molecule has 92 valence electrons. The molecule has 0 amide bonds. The Hall–Kier alpha value is -1.62. The lowest BCUT2D eigenvalue weighted by atomic mass is 10.2. The summed E-state index contributed by atoms with van der Waals surface area (Å²) in [4.78, 5) is 0. The van der Waals surface area contributed by atoms with Crippen molar-refractivity contribution in [3.63, 3.8) is 0 Å². The van der Waals surface area contributed by atoms with Gasteiger partial charge in [0.05, 0.1) is 11.4 Å². The fourth-order valence-corrected chi connectivity index (χ4v) is 1.96. The second-order valence-electron chi connectivity index (χ2n) is 3.95. The van der Waals surface area contributed by atoms with Crippen LogP contribution in [0.1, 0.15) is 37.8 Å². The SMILES string of the molecule is CCCn1nccc1C(O)c1ccnn1CC. The number of rotatable bonds is 5. The zero-order valence-corrected chi connectivity index (χ0v) is 10.2. The van der Waals surface area contributed by atoms with Crippen LogP contribution in [0.25, 0.3) is 0 Å². The van der Waals surface area contributed by atoms with Crippen molar-refractivity contribution < 1.29 is 5.11 Å². The molecule has 2 aromatic heterocycles. The maximum absolute atomic E-state index is 10.4. The smallest absolute Gasteiger partial charge is 0.137 e. The van der Waals surface area contributed by atoms with E-state index >= 15 is 0 Å². The number of hydrogen-bond acceptors (Lipinski definition) is 3. The van der Waals surface area contributed by atoms with E-state index in [0.29, 0.717) is 0 Å². The Balaban J connectivity index is 2.30. The van der Waals surface area contributed by atoms with Gasteiger partial charge in [-0.3, -0.25) is 9.36 Å². The molecule has 1 unspecified atom stereocenters. The molecule has 17 heavy (non-hydrogen) atoms. The lowest BCUT2D eigenvalue weighted by Gasteiger charge is -2.14. The lowest BCUT2D eigenvalue weighted by molar-refractivity contribution is 0.195. The van der Waals surface area contributed by atoms with E-state index in [2.05, 4.69) is 17.1 Å². The minimum atomic E-state index is -0.661. The molecule has 2 heterocycles. The van der Waals surface area contributed by atoms with Gasteiger partial charge in [0.25, 0.3) is 0 Å². The number of aryl methyl sites for hydroxylation is 2. The van der Waals surface area contributed by atoms with Crippen molar-refractivity contribution in [1.82, 2.24) is 19.6 Å². The minimum Gasteiger partial charge on any atom is -0.380 e. The van der Waals surface area contributed by atoms with E-state index in [1.54, 1.807) is 17.1 Å². The quantitative estimate of drug-likeness (QED) is 0.854. The topological polar surface area (TPSA) is 55.9 Å². The number of aliphatic hydroxyl groups excluding tert-OH is 1. The third kappa shape index (κ3) is 2.24. The predicted molar refractivity (Wildman–Crippen MR) is 64.5 cm³/mol. The first-order valence-electron chi connectivity index (χ1n) is 5.99. The molecule has 0 aliphatic carbocycles. The van der Waals surface area contributed by atoms with E-state index < -0.39 is 6.10 Å². The molecule has 2 rings (SSSR count). The van der Waals surface area contributed by atoms with Gasteiger partial charge in [0.1, 0.15) is 6.10 Å². The zero-order chi connectivity index (χ0) is 12.3. The fraction of sp³-hybridized carbons (Fsp3) is 0.500. The van der Waals surface area contributed by atoms with Gasteiger partial charge < -0.3 is 5.11 Å². The van der Waals surface area contributed by atoms with Crippen molar-refractivity contribution in [2.24, 2.45) is 0 Å². The summed E-state index contributed by atoms with van der Waals surface area (Å²) in [5.41, 5.74) is 1.63. The first-order chi connectivity index (χ1) is 8.27. The van der Waals surface area contributed by atoms with E-state index in [1.165, 1.54) is 0 Å². The van der Waals surface area contributed by atoms with Crippen LogP contribution in [-0.4, -0.2) is 24.7 Å². The van der Waals surface area contributed by atoms with E-state index in [-0.39, 0.29) is 0 Å². The Bertz CT molecular complexity index is 474. The van der Waals surface area contributed by atoms with Crippen molar-refractivity contribution in [2.75, 3.05) is 0 Å². The van der Waals surface area contributed by atoms with E-state index in [9.17, 15) is 5.11 Å². The van der Waals surface area contributed by atoms with Crippen molar-refractivity contribution in [2.45, 2.75) is 39.5 Å². The molecule has 1 N–H and O–H groups in total. The summed E-state index contributed by atoms with van der Waals surface area (Å²) in [6.45, 7) is 5.67. The number of aromatic nitrogens is 4. The second kappa shape index (κ2) is 5.14. The number of aliphatic hydroxyl groups is 1. The summed E-state index contributed by atoms with van der Waals surface area (Å²) in [7, 11) is 0. The molecule has 0 spiro atoms. The molecule has 0 aromatic carbocycles. The summed E-state index contributed by atoms with van der Waals surface area (Å²) in [6, 6.07) is 3.70. The molecule has 0 aliphatic heterocycles. The highest BCUT2D eigenvalue weighted by molar-refractivity contribution is 5.18. The Labute approximate surface area is 101 Å². The highest BCUT2D eigenvalue weighted by atomic mass is 16.3. The molecule has 2 aromatic rings. The van der Waals surface area contributed by atoms with E-state index in [4.69, 9.17) is 0 Å². The van der Waals surface area contributed by atoms with Crippen LogP contribution in [-0.2, 0) is 13.1 Å². The third-order valence-corrected chi connectivity index (χ3v) is 2.79. The largest absolute Gasteiger partial charge is 0.380 e. The molecule has 0 saturated heterocycles. The van der Waals surface area contributed by atoms with Crippen LogP contribution in [0.3, 0.4) is 0 Å². The van der Waals surface area contributed by atoms with Crippen LogP contribution in [0.5, 0.6) is 0 Å². The number of hydrogen-bond donors (Lipinski definition) is 1. The zero-order valence-electron chi connectivity index (χ0n) is 10.2. The Morgan fingerprint density at radius 2 is 1.71 bits per heavy atom. The maximum Gasteiger partial charge on any atom is 0.137 e. The van der Waals surface area contributed by atoms with E-state index in [0.717, 1.165) is 30.9 Å². The summed E-state index contributed by atoms with van der Waals surface area (Å²) in [5.74, 6) is 0. The summed E-state index contributed by atoms with van der Waals surface area (Å²) in [5, 5.41) is 18.8. The molecule has 1 atom stereocenters. The van der Waals surface area contributed by atoms with Crippen LogP contribution in [0.4, 0.5) is 0 Å². The minimum absolute atomic E-state index is 0.661. The van der Waals surface area contributed by atoms with Gasteiger partial charge in [0.15, 0.2) is 0 Å². The standard InChI is InChI=1S/C12H18N4O/c1-3-9-16-11(6-8-14-16)12(17)10-5-7-13-15(10)4-2/h5-8,12,17H,3-4,9H2,1-2H3. The molecule has 5 nitrogen and oxygen atoms in total. The van der Waals surface area contributed by atoms with Gasteiger partial charge in [-0.05, 0) is 25.5 Å². The molecule has 0 fully saturated rings. The average Bonchev–Trinajstić information content (AvgIpc) is 2.96. The van der Waals surface area contributed by atoms with Crippen LogP contribution < -0.4 is 0 Å². The number of nitrogens with zero attached hydrogens (tertiary/aromatic N) is 4. The second-order valence-corrected chi connectivity index (χ2v) is 3.95. The van der Waals surface area contributed by atoms with Crippen LogP contribution in [0, 0.1) is 0 Å². The summed E-state index contributed by atoms with van der Waals surface area (Å²) >= 11 is 0. The third-order valence-electron chi connectivity index (χ3n) is 2.79. The summed E-state index contributed by atoms with van der Waals surface area (Å²) in [6.07, 6.45) is 3.77. The first-order valence-corrected chi connectivity index (χ1v) is 5.99. The average molecular weight is 234 g/mol. The van der Waals surface area contributed by atoms with Gasteiger partial charge in [-0.1, -0.05) is 6.92 Å². The van der Waals surface area contributed by atoms with Gasteiger partial charge in [-0.25, -0.2) is 0 Å². The van der Waals surface area contributed by atoms with Crippen molar-refractivity contribution in [1.29, 1.82) is 0 Å². The predicted octanol–water partition coefficient (Wildman–Crippen LogP) is 1.59. The molecular weight excluding hydrogens is 216 g/mol. The van der Waals surface area contributed by atoms with Gasteiger partial charge in [-0.15, -0.1) is 0 Å². The van der Waals surface area contributed by atoms with Crippen LogP contribution >= 0.6 is 0 Å². The molecule has 0 bridgehead atoms. The Kier molecular flexibility index (Phi) is 3.58. The van der Waals surface area contributed by atoms with E-state index in [1.807, 2.05) is 23.7 Å². The van der Waals surface area contributed by atoms with Gasteiger partial charge in [0.2, 0.25) is 0 Å². The lowest BCUT2D eigenvalue weighted by Crippen LogP contribution is -2.14. The highest BCUT2D eigenvalue weighted by Gasteiger charge is 2.18. The molecule has 5 heteroatoms. The Morgan fingerprint density at radius 3 is 2.29 bits per heavy atom. The van der Waals surface area contributed by atoms with Crippen molar-refractivity contribution in [3.8, 4) is 0 Å². The first kappa shape index (κ1) is 11.9. The van der Waals surface area contributed by atoms with Gasteiger partial charge >= 0.3 is 0 Å². The van der Waals surface area contributed by atoms with Crippen molar-refractivity contribution >= 4 is 0 Å². The maximum atomic E-state index is 10.4. The molecule has 0 radical (unpaired) electrons. The normalized spacial score (nSPS) is 12.9. The van der Waals surface area contributed by atoms with Gasteiger partial charge in [0, 0.05) is 25.5 Å². The monoisotopic (exact) mass is 234 g/mol. The molecule has 0 saturated carbocycles. The van der Waals surface area contributed by atoms with Crippen molar-refractivity contribution in [3.05, 3.63) is 35.9 Å². The van der Waals surface area contributed by atoms with Gasteiger partial charge in [-0.2, -0.15) is 10.2 Å². The highest BCUT2D eigenvalue weighted by Crippen LogP contribution is 2.21. The summed E-state index contributed by atoms with van der Waals surface area (Å²) < 4.78 is 3.64.